The van der Waals surface area contributed by atoms with Crippen molar-refractivity contribution in [3.8, 4) is 0 Å². The second-order valence-electron chi connectivity index (χ2n) is 4.00. The van der Waals surface area contributed by atoms with Gasteiger partial charge in [-0.1, -0.05) is 37.9 Å². The molecule has 1 heterocycles. The van der Waals surface area contributed by atoms with E-state index in [1.54, 1.807) is 24.2 Å². The first kappa shape index (κ1) is 13.6. The third-order valence-corrected chi connectivity index (χ3v) is 3.33. The molecule has 0 spiro atoms. The summed E-state index contributed by atoms with van der Waals surface area (Å²) in [7, 11) is 0. The smallest absolute Gasteiger partial charge is 0.255 e. The highest BCUT2D eigenvalue weighted by atomic mass is 32.2. The van der Waals surface area contributed by atoms with E-state index in [-0.39, 0.29) is 0 Å². The second-order valence-corrected chi connectivity index (χ2v) is 5.04. The van der Waals surface area contributed by atoms with Crippen LogP contribution in [0.2, 0.25) is 0 Å². The van der Waals surface area contributed by atoms with Crippen molar-refractivity contribution in [3.63, 3.8) is 0 Å². The predicted molar refractivity (Wildman–Crippen MR) is 68.8 cm³/mol. The fourth-order valence-electron chi connectivity index (χ4n) is 1.53. The van der Waals surface area contributed by atoms with E-state index in [0.717, 1.165) is 17.5 Å². The van der Waals surface area contributed by atoms with Gasteiger partial charge in [-0.15, -0.1) is 0 Å². The standard InChI is InChI=1S/C12H22N2OS/c1-3-4-5-6-11(2)13-8-10-16-12-14-7-9-15-12/h7,9,11,13H,3-6,8,10H2,1-2H3. The number of unbranched alkanes of at least 4 members (excludes halogenated alkanes) is 2. The third-order valence-electron chi connectivity index (χ3n) is 2.47. The summed E-state index contributed by atoms with van der Waals surface area (Å²) in [6.07, 6.45) is 8.55. The van der Waals surface area contributed by atoms with Gasteiger partial charge in [0.15, 0.2) is 0 Å². The number of oxazole rings is 1. The summed E-state index contributed by atoms with van der Waals surface area (Å²) in [5, 5.41) is 4.28. The zero-order chi connectivity index (χ0) is 11.6. The number of nitrogens with one attached hydrogen (secondary N) is 1. The van der Waals surface area contributed by atoms with Crippen LogP contribution in [0.5, 0.6) is 0 Å². The zero-order valence-electron chi connectivity index (χ0n) is 10.2. The maximum atomic E-state index is 5.14. The third kappa shape index (κ3) is 6.18. The Kier molecular flexibility index (Phi) is 7.34. The first-order valence-corrected chi connectivity index (χ1v) is 7.07. The van der Waals surface area contributed by atoms with Crippen molar-refractivity contribution in [2.24, 2.45) is 0 Å². The monoisotopic (exact) mass is 242 g/mol. The number of hydrogen-bond donors (Lipinski definition) is 1. The Morgan fingerprint density at radius 2 is 2.38 bits per heavy atom. The molecule has 0 amide bonds. The maximum Gasteiger partial charge on any atom is 0.255 e. The van der Waals surface area contributed by atoms with Crippen molar-refractivity contribution in [2.45, 2.75) is 50.8 Å². The molecule has 0 aliphatic heterocycles. The van der Waals surface area contributed by atoms with Gasteiger partial charge in [0.25, 0.3) is 5.22 Å². The molecule has 4 heteroatoms. The number of nitrogens with zero attached hydrogens (tertiary/aromatic N) is 1. The van der Waals surface area contributed by atoms with Gasteiger partial charge in [-0.3, -0.25) is 0 Å². The Morgan fingerprint density at radius 3 is 3.06 bits per heavy atom. The molecule has 3 nitrogen and oxygen atoms in total. The molecule has 0 radical (unpaired) electrons. The van der Waals surface area contributed by atoms with Crippen LogP contribution in [0.1, 0.15) is 39.5 Å². The highest BCUT2D eigenvalue weighted by Gasteiger charge is 2.01. The first-order chi connectivity index (χ1) is 7.83. The van der Waals surface area contributed by atoms with Crippen LogP contribution in [0.15, 0.2) is 22.1 Å². The Balaban J connectivity index is 1.94. The average Bonchev–Trinajstić information content (AvgIpc) is 2.78. The van der Waals surface area contributed by atoms with Gasteiger partial charge < -0.3 is 9.73 Å². The predicted octanol–water partition coefficient (Wildman–Crippen LogP) is 3.33. The summed E-state index contributed by atoms with van der Waals surface area (Å²) in [5.41, 5.74) is 0. The molecule has 1 N–H and O–H groups in total. The Morgan fingerprint density at radius 1 is 1.50 bits per heavy atom. The van der Waals surface area contributed by atoms with E-state index in [0.29, 0.717) is 6.04 Å². The molecule has 0 aliphatic carbocycles. The van der Waals surface area contributed by atoms with E-state index in [4.69, 9.17) is 4.42 Å². The first-order valence-electron chi connectivity index (χ1n) is 6.08. The molecule has 1 atom stereocenters. The fraction of sp³-hybridized carbons (Fsp3) is 0.750. The fourth-order valence-corrected chi connectivity index (χ4v) is 2.18. The molecule has 1 aromatic heterocycles. The van der Waals surface area contributed by atoms with Gasteiger partial charge in [0, 0.05) is 18.3 Å². The van der Waals surface area contributed by atoms with Gasteiger partial charge in [0.1, 0.15) is 6.26 Å². The summed E-state index contributed by atoms with van der Waals surface area (Å²) >= 11 is 1.66. The minimum absolute atomic E-state index is 0.622. The number of hydrogen-bond acceptors (Lipinski definition) is 4. The quantitative estimate of drug-likeness (QED) is 0.532. The van der Waals surface area contributed by atoms with E-state index < -0.39 is 0 Å². The SMILES string of the molecule is CCCCCC(C)NCCSc1ncco1. The molecule has 1 aromatic rings. The Hall–Kier alpha value is -0.480. The van der Waals surface area contributed by atoms with Crippen molar-refractivity contribution in [2.75, 3.05) is 12.3 Å². The molecule has 0 aromatic carbocycles. The summed E-state index contributed by atoms with van der Waals surface area (Å²) in [6.45, 7) is 5.51. The molecule has 16 heavy (non-hydrogen) atoms. The average molecular weight is 242 g/mol. The molecule has 0 aliphatic rings. The second kappa shape index (κ2) is 8.65. The molecule has 0 saturated carbocycles. The Bertz CT molecular complexity index is 252. The van der Waals surface area contributed by atoms with Crippen LogP contribution in [-0.2, 0) is 0 Å². The van der Waals surface area contributed by atoms with Gasteiger partial charge in [0.05, 0.1) is 6.20 Å². The Labute approximate surface area is 102 Å². The van der Waals surface area contributed by atoms with Crippen LogP contribution < -0.4 is 5.32 Å². The lowest BCUT2D eigenvalue weighted by Gasteiger charge is -2.12. The van der Waals surface area contributed by atoms with E-state index in [2.05, 4.69) is 24.1 Å². The van der Waals surface area contributed by atoms with Crippen molar-refractivity contribution >= 4 is 11.8 Å². The van der Waals surface area contributed by atoms with Crippen LogP contribution in [0.25, 0.3) is 0 Å². The lowest BCUT2D eigenvalue weighted by atomic mass is 10.1. The topological polar surface area (TPSA) is 38.1 Å². The van der Waals surface area contributed by atoms with Crippen molar-refractivity contribution in [1.29, 1.82) is 0 Å². The molecule has 0 fully saturated rings. The van der Waals surface area contributed by atoms with Gasteiger partial charge in [-0.2, -0.15) is 0 Å². The molecule has 0 bridgehead atoms. The molecular weight excluding hydrogens is 220 g/mol. The highest BCUT2D eigenvalue weighted by molar-refractivity contribution is 7.99. The lowest BCUT2D eigenvalue weighted by molar-refractivity contribution is 0.453. The lowest BCUT2D eigenvalue weighted by Crippen LogP contribution is -2.28. The van der Waals surface area contributed by atoms with Crippen molar-refractivity contribution in [3.05, 3.63) is 12.5 Å². The van der Waals surface area contributed by atoms with Crippen LogP contribution in [0.4, 0.5) is 0 Å². The van der Waals surface area contributed by atoms with Crippen LogP contribution in [0, 0.1) is 0 Å². The van der Waals surface area contributed by atoms with Crippen LogP contribution >= 0.6 is 11.8 Å². The minimum atomic E-state index is 0.622. The largest absolute Gasteiger partial charge is 0.440 e. The molecule has 1 rings (SSSR count). The number of aromatic nitrogens is 1. The van der Waals surface area contributed by atoms with Crippen molar-refractivity contribution in [1.82, 2.24) is 10.3 Å². The normalized spacial score (nSPS) is 12.9. The van der Waals surface area contributed by atoms with E-state index in [9.17, 15) is 0 Å². The maximum absolute atomic E-state index is 5.14. The molecular formula is C12H22N2OS. The summed E-state index contributed by atoms with van der Waals surface area (Å²) in [4.78, 5) is 4.06. The zero-order valence-corrected chi connectivity index (χ0v) is 11.1. The van der Waals surface area contributed by atoms with E-state index in [1.807, 2.05) is 0 Å². The molecule has 92 valence electrons. The van der Waals surface area contributed by atoms with Gasteiger partial charge in [0.2, 0.25) is 0 Å². The van der Waals surface area contributed by atoms with Gasteiger partial charge >= 0.3 is 0 Å². The molecule has 1 unspecified atom stereocenters. The van der Waals surface area contributed by atoms with E-state index >= 15 is 0 Å². The van der Waals surface area contributed by atoms with Crippen LogP contribution in [-0.4, -0.2) is 23.3 Å². The van der Waals surface area contributed by atoms with Gasteiger partial charge in [-0.05, 0) is 13.3 Å². The highest BCUT2D eigenvalue weighted by Crippen LogP contribution is 2.13. The van der Waals surface area contributed by atoms with E-state index in [1.165, 1.54) is 25.7 Å². The van der Waals surface area contributed by atoms with Crippen LogP contribution in [0.3, 0.4) is 0 Å². The van der Waals surface area contributed by atoms with Crippen molar-refractivity contribution < 1.29 is 4.42 Å². The summed E-state index contributed by atoms with van der Waals surface area (Å²) < 4.78 is 5.14. The minimum Gasteiger partial charge on any atom is -0.440 e. The number of thioether (sulfide) groups is 1. The molecule has 0 saturated heterocycles. The number of rotatable bonds is 9. The van der Waals surface area contributed by atoms with Gasteiger partial charge in [-0.25, -0.2) is 4.98 Å². The summed E-state index contributed by atoms with van der Waals surface area (Å²) in [6, 6.07) is 0.622. The summed E-state index contributed by atoms with van der Waals surface area (Å²) in [5.74, 6) is 1.01.